The van der Waals surface area contributed by atoms with Crippen molar-refractivity contribution in [3.63, 3.8) is 0 Å². The lowest BCUT2D eigenvalue weighted by Gasteiger charge is -2.25. The zero-order chi connectivity index (χ0) is 25.0. The summed E-state index contributed by atoms with van der Waals surface area (Å²) in [6.07, 6.45) is 0. The number of nitrogens with zero attached hydrogens (tertiary/aromatic N) is 4. The Morgan fingerprint density at radius 1 is 0.541 bits per heavy atom. The van der Waals surface area contributed by atoms with E-state index in [2.05, 4.69) is 59.5 Å². The Kier molecular flexibility index (Phi) is 5.86. The minimum atomic E-state index is 0.577. The van der Waals surface area contributed by atoms with Gasteiger partial charge in [-0.25, -0.2) is 9.97 Å². The van der Waals surface area contributed by atoms with Gasteiger partial charge in [0.1, 0.15) is 0 Å². The van der Waals surface area contributed by atoms with Gasteiger partial charge in [0.15, 0.2) is 5.82 Å². The summed E-state index contributed by atoms with van der Waals surface area (Å²) >= 11 is 0. The summed E-state index contributed by atoms with van der Waals surface area (Å²) in [5, 5.41) is 10.4. The number of anilines is 3. The summed E-state index contributed by atoms with van der Waals surface area (Å²) in [6.45, 7) is 0. The molecule has 0 saturated carbocycles. The second-order valence-electron chi connectivity index (χ2n) is 8.66. The van der Waals surface area contributed by atoms with Crippen molar-refractivity contribution in [1.82, 2.24) is 9.97 Å². The average molecular weight is 475 g/mol. The second kappa shape index (κ2) is 9.77. The number of rotatable bonds is 5. The molecule has 6 rings (SSSR count). The maximum atomic E-state index is 9.44. The van der Waals surface area contributed by atoms with E-state index in [1.54, 1.807) is 0 Å². The number of benzene rings is 5. The van der Waals surface area contributed by atoms with E-state index in [0.29, 0.717) is 11.4 Å². The number of para-hydroxylation sites is 2. The fraction of sp³-hybridized carbons (Fsp3) is 0. The number of hydrogen-bond acceptors (Lipinski definition) is 4. The average Bonchev–Trinajstić information content (AvgIpc) is 2.98. The lowest BCUT2D eigenvalue weighted by molar-refractivity contribution is 1.22. The molecule has 0 saturated heterocycles. The van der Waals surface area contributed by atoms with Crippen LogP contribution < -0.4 is 4.90 Å². The van der Waals surface area contributed by atoms with Crippen molar-refractivity contribution in [3.05, 3.63) is 139 Å². The molecule has 0 aliphatic rings. The molecule has 174 valence electrons. The normalized spacial score (nSPS) is 10.7. The van der Waals surface area contributed by atoms with Crippen molar-refractivity contribution in [3.8, 4) is 28.7 Å². The van der Waals surface area contributed by atoms with Crippen molar-refractivity contribution in [2.45, 2.75) is 0 Å². The highest BCUT2D eigenvalue weighted by atomic mass is 15.1. The summed E-state index contributed by atoms with van der Waals surface area (Å²) in [6, 6.07) is 46.9. The van der Waals surface area contributed by atoms with E-state index < -0.39 is 0 Å². The van der Waals surface area contributed by atoms with Crippen LogP contribution in [0, 0.1) is 11.3 Å². The summed E-state index contributed by atoms with van der Waals surface area (Å²) in [4.78, 5) is 12.0. The molecule has 1 heterocycles. The van der Waals surface area contributed by atoms with Crippen LogP contribution in [0.2, 0.25) is 0 Å². The minimum Gasteiger partial charge on any atom is -0.311 e. The minimum absolute atomic E-state index is 0.577. The molecule has 6 aromatic rings. The van der Waals surface area contributed by atoms with Crippen LogP contribution in [0.1, 0.15) is 5.56 Å². The van der Waals surface area contributed by atoms with Crippen molar-refractivity contribution in [1.29, 1.82) is 5.26 Å². The van der Waals surface area contributed by atoms with Crippen LogP contribution in [-0.4, -0.2) is 9.97 Å². The number of aromatic nitrogens is 2. The molecule has 0 atom stereocenters. The Morgan fingerprint density at radius 2 is 1.11 bits per heavy atom. The molecule has 1 aromatic heterocycles. The first-order chi connectivity index (χ1) is 18.3. The van der Waals surface area contributed by atoms with Crippen molar-refractivity contribution >= 4 is 28.0 Å². The summed E-state index contributed by atoms with van der Waals surface area (Å²) in [5.74, 6) is 0.637. The maximum Gasteiger partial charge on any atom is 0.160 e. The first kappa shape index (κ1) is 22.2. The fourth-order valence-corrected chi connectivity index (χ4v) is 4.51. The maximum absolute atomic E-state index is 9.44. The van der Waals surface area contributed by atoms with E-state index in [1.807, 2.05) is 84.9 Å². The Morgan fingerprint density at radius 3 is 1.70 bits per heavy atom. The van der Waals surface area contributed by atoms with E-state index >= 15 is 0 Å². The Balaban J connectivity index is 1.48. The predicted octanol–water partition coefficient (Wildman–Crippen LogP) is 8.31. The molecule has 0 spiro atoms. The van der Waals surface area contributed by atoms with E-state index in [4.69, 9.17) is 9.97 Å². The smallest absolute Gasteiger partial charge is 0.160 e. The standard InChI is InChI=1S/C33H22N4/c34-23-24-16-21-30-31(22-24)35-33(26-10-4-1-5-11-26)36-32(30)25-17-19-29(20-18-25)37(27-12-6-2-7-13-27)28-14-8-3-9-15-28/h1-22H. The van der Waals surface area contributed by atoms with Gasteiger partial charge < -0.3 is 4.90 Å². The summed E-state index contributed by atoms with van der Waals surface area (Å²) in [7, 11) is 0. The molecule has 0 amide bonds. The van der Waals surface area contributed by atoms with Crippen LogP contribution >= 0.6 is 0 Å². The van der Waals surface area contributed by atoms with Crippen LogP contribution in [0.4, 0.5) is 17.1 Å². The van der Waals surface area contributed by atoms with Gasteiger partial charge >= 0.3 is 0 Å². The van der Waals surface area contributed by atoms with Crippen LogP contribution in [0.3, 0.4) is 0 Å². The van der Waals surface area contributed by atoms with Crippen molar-refractivity contribution < 1.29 is 0 Å². The topological polar surface area (TPSA) is 52.8 Å². The SMILES string of the molecule is N#Cc1ccc2c(-c3ccc(N(c4ccccc4)c4ccccc4)cc3)nc(-c3ccccc3)nc2c1. The molecule has 5 aromatic carbocycles. The van der Waals surface area contributed by atoms with Crippen LogP contribution in [0.15, 0.2) is 133 Å². The molecule has 0 fully saturated rings. The summed E-state index contributed by atoms with van der Waals surface area (Å²) < 4.78 is 0. The highest BCUT2D eigenvalue weighted by molar-refractivity contribution is 5.94. The molecule has 0 bridgehead atoms. The molecule has 0 N–H and O–H groups in total. The van der Waals surface area contributed by atoms with Gasteiger partial charge in [0.05, 0.1) is 22.8 Å². The highest BCUT2D eigenvalue weighted by Gasteiger charge is 2.15. The van der Waals surface area contributed by atoms with E-state index in [-0.39, 0.29) is 0 Å². The van der Waals surface area contributed by atoms with Gasteiger partial charge in [0.2, 0.25) is 0 Å². The second-order valence-corrected chi connectivity index (χ2v) is 8.66. The third-order valence-electron chi connectivity index (χ3n) is 6.29. The molecule has 4 nitrogen and oxygen atoms in total. The van der Waals surface area contributed by atoms with Crippen molar-refractivity contribution in [2.24, 2.45) is 0 Å². The summed E-state index contributed by atoms with van der Waals surface area (Å²) in [5.41, 5.74) is 7.31. The van der Waals surface area contributed by atoms with E-state index in [0.717, 1.165) is 44.8 Å². The third kappa shape index (κ3) is 4.42. The lowest BCUT2D eigenvalue weighted by Crippen LogP contribution is -2.09. The zero-order valence-electron chi connectivity index (χ0n) is 20.0. The molecule has 0 radical (unpaired) electrons. The first-order valence-electron chi connectivity index (χ1n) is 12.1. The first-order valence-corrected chi connectivity index (χ1v) is 12.1. The molecule has 4 heteroatoms. The van der Waals surface area contributed by atoms with Crippen LogP contribution in [0.5, 0.6) is 0 Å². The molecule has 0 aliphatic carbocycles. The highest BCUT2D eigenvalue weighted by Crippen LogP contribution is 2.36. The Hall–Kier alpha value is -5.27. The van der Waals surface area contributed by atoms with E-state index in [1.165, 1.54) is 0 Å². The lowest BCUT2D eigenvalue weighted by atomic mass is 10.0. The van der Waals surface area contributed by atoms with Gasteiger partial charge in [-0.2, -0.15) is 5.26 Å². The van der Waals surface area contributed by atoms with Crippen LogP contribution in [-0.2, 0) is 0 Å². The zero-order valence-corrected chi connectivity index (χ0v) is 20.0. The van der Waals surface area contributed by atoms with Gasteiger partial charge in [0, 0.05) is 33.6 Å². The van der Waals surface area contributed by atoms with Gasteiger partial charge in [-0.1, -0.05) is 78.9 Å². The molecular formula is C33H22N4. The third-order valence-corrected chi connectivity index (χ3v) is 6.29. The quantitative estimate of drug-likeness (QED) is 0.252. The fourth-order valence-electron chi connectivity index (χ4n) is 4.51. The van der Waals surface area contributed by atoms with Gasteiger partial charge in [-0.15, -0.1) is 0 Å². The van der Waals surface area contributed by atoms with Gasteiger partial charge in [-0.05, 0) is 54.6 Å². The molecular weight excluding hydrogens is 452 g/mol. The van der Waals surface area contributed by atoms with E-state index in [9.17, 15) is 5.26 Å². The number of fused-ring (bicyclic) bond motifs is 1. The Labute approximate surface area is 215 Å². The van der Waals surface area contributed by atoms with Crippen LogP contribution in [0.25, 0.3) is 33.5 Å². The molecule has 0 unspecified atom stereocenters. The molecule has 37 heavy (non-hydrogen) atoms. The number of hydrogen-bond donors (Lipinski definition) is 0. The van der Waals surface area contributed by atoms with Gasteiger partial charge in [0.25, 0.3) is 0 Å². The molecule has 0 aliphatic heterocycles. The van der Waals surface area contributed by atoms with Gasteiger partial charge in [-0.3, -0.25) is 0 Å². The number of nitriles is 1. The largest absolute Gasteiger partial charge is 0.311 e. The Bertz CT molecular complexity index is 1670. The monoisotopic (exact) mass is 474 g/mol. The van der Waals surface area contributed by atoms with Crippen molar-refractivity contribution in [2.75, 3.05) is 4.90 Å². The predicted molar refractivity (Wildman–Crippen MR) is 150 cm³/mol.